The highest BCUT2D eigenvalue weighted by Crippen LogP contribution is 2.11. The molecule has 1 aromatic heterocycles. The molecule has 0 aliphatic heterocycles. The van der Waals surface area contributed by atoms with Gasteiger partial charge in [-0.3, -0.25) is 0 Å². The zero-order chi connectivity index (χ0) is 9.52. The van der Waals surface area contributed by atoms with Gasteiger partial charge in [-0.25, -0.2) is 4.98 Å². The van der Waals surface area contributed by atoms with E-state index in [9.17, 15) is 0 Å². The Balaban J connectivity index is 2.37. The molecule has 0 aliphatic rings. The van der Waals surface area contributed by atoms with Gasteiger partial charge in [-0.2, -0.15) is 4.37 Å². The maximum absolute atomic E-state index is 5.10. The molecule has 0 amide bonds. The first-order valence-electron chi connectivity index (χ1n) is 4.39. The number of methoxy groups -OCH3 is 1. The molecule has 13 heavy (non-hydrogen) atoms. The van der Waals surface area contributed by atoms with Crippen molar-refractivity contribution in [3.05, 3.63) is 6.33 Å². The Morgan fingerprint density at radius 3 is 3.08 bits per heavy atom. The van der Waals surface area contributed by atoms with Gasteiger partial charge in [-0.1, -0.05) is 13.3 Å². The van der Waals surface area contributed by atoms with E-state index in [1.165, 1.54) is 11.5 Å². The maximum atomic E-state index is 5.10. The normalized spacial score (nSPS) is 12.8. The SMILES string of the molecule is CCCC(COC)Nc1ncns1. The van der Waals surface area contributed by atoms with E-state index in [4.69, 9.17) is 4.74 Å². The van der Waals surface area contributed by atoms with Crippen molar-refractivity contribution in [1.29, 1.82) is 0 Å². The molecule has 0 radical (unpaired) electrons. The minimum Gasteiger partial charge on any atom is -0.383 e. The van der Waals surface area contributed by atoms with Crippen LogP contribution in [0.15, 0.2) is 6.33 Å². The Labute approximate surface area is 82.5 Å². The van der Waals surface area contributed by atoms with Crippen molar-refractivity contribution in [3.63, 3.8) is 0 Å². The summed E-state index contributed by atoms with van der Waals surface area (Å²) in [6.07, 6.45) is 3.79. The first-order chi connectivity index (χ1) is 6.36. The number of nitrogens with zero attached hydrogens (tertiary/aromatic N) is 2. The van der Waals surface area contributed by atoms with Gasteiger partial charge in [0.05, 0.1) is 12.6 Å². The van der Waals surface area contributed by atoms with Crippen molar-refractivity contribution >= 4 is 16.7 Å². The van der Waals surface area contributed by atoms with Gasteiger partial charge in [0.1, 0.15) is 6.33 Å². The molecule has 0 saturated heterocycles. The van der Waals surface area contributed by atoms with Crippen molar-refractivity contribution in [1.82, 2.24) is 9.36 Å². The van der Waals surface area contributed by atoms with Crippen LogP contribution in [-0.4, -0.2) is 29.1 Å². The van der Waals surface area contributed by atoms with Gasteiger partial charge < -0.3 is 10.1 Å². The van der Waals surface area contributed by atoms with Crippen molar-refractivity contribution < 1.29 is 4.74 Å². The molecule has 1 unspecified atom stereocenters. The highest BCUT2D eigenvalue weighted by Gasteiger charge is 2.08. The highest BCUT2D eigenvalue weighted by atomic mass is 32.1. The number of nitrogens with one attached hydrogen (secondary N) is 1. The fourth-order valence-corrected chi connectivity index (χ4v) is 1.67. The van der Waals surface area contributed by atoms with E-state index >= 15 is 0 Å². The molecule has 4 nitrogen and oxygen atoms in total. The smallest absolute Gasteiger partial charge is 0.202 e. The van der Waals surface area contributed by atoms with Crippen LogP contribution in [0.4, 0.5) is 5.13 Å². The van der Waals surface area contributed by atoms with Crippen LogP contribution in [0.3, 0.4) is 0 Å². The standard InChI is InChI=1S/C8H15N3OS/c1-3-4-7(5-12-2)11-8-9-6-10-13-8/h6-7H,3-5H2,1-2H3,(H,9,10,11). The van der Waals surface area contributed by atoms with E-state index in [0.717, 1.165) is 18.0 Å². The lowest BCUT2D eigenvalue weighted by Gasteiger charge is -2.15. The fraction of sp³-hybridized carbons (Fsp3) is 0.750. The molecule has 0 aromatic carbocycles. The zero-order valence-electron chi connectivity index (χ0n) is 7.99. The summed E-state index contributed by atoms with van der Waals surface area (Å²) in [6.45, 7) is 2.87. The lowest BCUT2D eigenvalue weighted by Crippen LogP contribution is -2.24. The Morgan fingerprint density at radius 2 is 2.54 bits per heavy atom. The van der Waals surface area contributed by atoms with Gasteiger partial charge in [-0.15, -0.1) is 0 Å². The Hall–Kier alpha value is -0.680. The van der Waals surface area contributed by atoms with E-state index in [2.05, 4.69) is 21.6 Å². The summed E-state index contributed by atoms with van der Waals surface area (Å²) >= 11 is 1.38. The predicted octanol–water partition coefficient (Wildman–Crippen LogP) is 1.77. The van der Waals surface area contributed by atoms with E-state index < -0.39 is 0 Å². The number of hydrogen-bond acceptors (Lipinski definition) is 5. The molecular formula is C8H15N3OS. The van der Waals surface area contributed by atoms with Crippen LogP contribution in [-0.2, 0) is 4.74 Å². The molecule has 0 fully saturated rings. The molecular weight excluding hydrogens is 186 g/mol. The fourth-order valence-electron chi connectivity index (χ4n) is 1.16. The quantitative estimate of drug-likeness (QED) is 0.762. The average Bonchev–Trinajstić information content (AvgIpc) is 2.58. The molecule has 1 rings (SSSR count). The van der Waals surface area contributed by atoms with Crippen molar-refractivity contribution in [3.8, 4) is 0 Å². The second kappa shape index (κ2) is 5.88. The van der Waals surface area contributed by atoms with Gasteiger partial charge in [0, 0.05) is 18.6 Å². The number of aromatic nitrogens is 2. The summed E-state index contributed by atoms with van der Waals surface area (Å²) < 4.78 is 9.02. The molecule has 0 saturated carbocycles. The third kappa shape index (κ3) is 3.69. The highest BCUT2D eigenvalue weighted by molar-refractivity contribution is 7.09. The first-order valence-corrected chi connectivity index (χ1v) is 5.16. The number of ether oxygens (including phenoxy) is 1. The van der Waals surface area contributed by atoms with Crippen LogP contribution in [0.25, 0.3) is 0 Å². The minimum absolute atomic E-state index is 0.350. The van der Waals surface area contributed by atoms with Crippen molar-refractivity contribution in [2.75, 3.05) is 19.0 Å². The van der Waals surface area contributed by atoms with Crippen LogP contribution in [0.5, 0.6) is 0 Å². The van der Waals surface area contributed by atoms with Crippen LogP contribution < -0.4 is 5.32 Å². The second-order valence-corrected chi connectivity index (χ2v) is 3.61. The van der Waals surface area contributed by atoms with Gasteiger partial charge >= 0.3 is 0 Å². The summed E-state index contributed by atoms with van der Waals surface area (Å²) in [7, 11) is 1.71. The molecule has 1 N–H and O–H groups in total. The van der Waals surface area contributed by atoms with E-state index in [1.54, 1.807) is 13.4 Å². The number of hydrogen-bond donors (Lipinski definition) is 1. The summed E-state index contributed by atoms with van der Waals surface area (Å²) in [5.41, 5.74) is 0. The molecule has 0 bridgehead atoms. The lowest BCUT2D eigenvalue weighted by atomic mass is 10.2. The van der Waals surface area contributed by atoms with Gasteiger partial charge in [0.2, 0.25) is 5.13 Å². The first kappa shape index (κ1) is 10.4. The summed E-state index contributed by atoms with van der Waals surface area (Å²) in [5.74, 6) is 0. The van der Waals surface area contributed by atoms with Gasteiger partial charge in [0.15, 0.2) is 0 Å². The molecule has 1 heterocycles. The summed E-state index contributed by atoms with van der Waals surface area (Å²) in [5, 5.41) is 4.15. The van der Waals surface area contributed by atoms with Crippen LogP contribution in [0.2, 0.25) is 0 Å². The molecule has 1 aromatic rings. The average molecular weight is 201 g/mol. The minimum atomic E-state index is 0.350. The van der Waals surface area contributed by atoms with Crippen LogP contribution in [0, 0.1) is 0 Å². The van der Waals surface area contributed by atoms with Crippen molar-refractivity contribution in [2.45, 2.75) is 25.8 Å². The number of rotatable bonds is 6. The van der Waals surface area contributed by atoms with Gasteiger partial charge in [-0.05, 0) is 6.42 Å². The third-order valence-corrected chi connectivity index (χ3v) is 2.29. The summed E-state index contributed by atoms with van der Waals surface area (Å²) in [6, 6.07) is 0.350. The Bertz CT molecular complexity index is 209. The zero-order valence-corrected chi connectivity index (χ0v) is 8.80. The van der Waals surface area contributed by atoms with E-state index in [-0.39, 0.29) is 0 Å². The molecule has 0 spiro atoms. The van der Waals surface area contributed by atoms with Gasteiger partial charge in [0.25, 0.3) is 0 Å². The molecule has 74 valence electrons. The van der Waals surface area contributed by atoms with E-state index in [1.807, 2.05) is 0 Å². The molecule has 5 heteroatoms. The van der Waals surface area contributed by atoms with Crippen molar-refractivity contribution in [2.24, 2.45) is 0 Å². The Kier molecular flexibility index (Phi) is 4.70. The summed E-state index contributed by atoms with van der Waals surface area (Å²) in [4.78, 5) is 4.06. The molecule has 0 aliphatic carbocycles. The topological polar surface area (TPSA) is 47.0 Å². The van der Waals surface area contributed by atoms with Crippen LogP contribution >= 0.6 is 11.5 Å². The Morgan fingerprint density at radius 1 is 1.69 bits per heavy atom. The lowest BCUT2D eigenvalue weighted by molar-refractivity contribution is 0.182. The maximum Gasteiger partial charge on any atom is 0.202 e. The third-order valence-electron chi connectivity index (χ3n) is 1.69. The largest absolute Gasteiger partial charge is 0.383 e. The van der Waals surface area contributed by atoms with E-state index in [0.29, 0.717) is 12.6 Å². The predicted molar refractivity (Wildman–Crippen MR) is 54.1 cm³/mol. The number of anilines is 1. The monoisotopic (exact) mass is 201 g/mol. The molecule has 1 atom stereocenters. The van der Waals surface area contributed by atoms with Crippen LogP contribution in [0.1, 0.15) is 19.8 Å². The second-order valence-electron chi connectivity index (χ2n) is 2.83.